The van der Waals surface area contributed by atoms with E-state index >= 15 is 0 Å². The molecule has 0 aliphatic heterocycles. The van der Waals surface area contributed by atoms with Crippen LogP contribution in [0.15, 0.2) is 43.0 Å². The van der Waals surface area contributed by atoms with Gasteiger partial charge in [0.05, 0.1) is 12.1 Å². The number of hydrogen-bond acceptors (Lipinski definition) is 3. The molecule has 0 radical (unpaired) electrons. The highest BCUT2D eigenvalue weighted by atomic mass is 15.1. The predicted octanol–water partition coefficient (Wildman–Crippen LogP) is 3.58. The van der Waals surface area contributed by atoms with Gasteiger partial charge in [0.2, 0.25) is 0 Å². The van der Waals surface area contributed by atoms with Crippen molar-refractivity contribution in [2.24, 2.45) is 5.92 Å². The Bertz CT molecular complexity index is 731. The number of rotatable bonds is 3. The van der Waals surface area contributed by atoms with Crippen molar-refractivity contribution in [3.05, 3.63) is 48.5 Å². The largest absolute Gasteiger partial charge is 0.378 e. The summed E-state index contributed by atoms with van der Waals surface area (Å²) >= 11 is 0. The van der Waals surface area contributed by atoms with Crippen molar-refractivity contribution in [1.29, 1.82) is 10.5 Å². The molecular weight excluding hydrogens is 246 g/mol. The number of nitriles is 2. The van der Waals surface area contributed by atoms with E-state index in [2.05, 4.69) is 12.6 Å². The second-order valence-corrected chi connectivity index (χ2v) is 4.86. The molecule has 0 aliphatic carbocycles. The Morgan fingerprint density at radius 2 is 1.65 bits per heavy atom. The number of benzene rings is 2. The summed E-state index contributed by atoms with van der Waals surface area (Å²) in [6.45, 7) is 3.87. The maximum Gasteiger partial charge on any atom is 0.158 e. The lowest BCUT2D eigenvalue weighted by atomic mass is 9.94. The van der Waals surface area contributed by atoms with Crippen molar-refractivity contribution in [2.75, 3.05) is 19.0 Å². The van der Waals surface area contributed by atoms with Crippen LogP contribution in [0.5, 0.6) is 0 Å². The average Bonchev–Trinajstić information content (AvgIpc) is 2.47. The third-order valence-corrected chi connectivity index (χ3v) is 3.32. The number of nitrogens with zero attached hydrogens (tertiary/aromatic N) is 3. The predicted molar refractivity (Wildman–Crippen MR) is 82.0 cm³/mol. The van der Waals surface area contributed by atoms with Gasteiger partial charge in [0.25, 0.3) is 0 Å². The summed E-state index contributed by atoms with van der Waals surface area (Å²) in [5, 5.41) is 20.1. The van der Waals surface area contributed by atoms with Gasteiger partial charge in [-0.05, 0) is 40.1 Å². The fourth-order valence-electron chi connectivity index (χ4n) is 2.06. The summed E-state index contributed by atoms with van der Waals surface area (Å²) in [4.78, 5) is 2.05. The standard InChI is InChI=1S/C17H15N3/c1-12(16(10-18)11-19)13-4-5-15-9-17(20(2)3)7-6-14(15)8-13/h4-9,16H,1H2,2-3H3. The maximum absolute atomic E-state index is 8.93. The van der Waals surface area contributed by atoms with Crippen LogP contribution < -0.4 is 4.90 Å². The van der Waals surface area contributed by atoms with Crippen LogP contribution in [0.3, 0.4) is 0 Å². The molecule has 2 aromatic rings. The van der Waals surface area contributed by atoms with Crippen LogP contribution >= 0.6 is 0 Å². The third kappa shape index (κ3) is 2.48. The molecule has 0 fully saturated rings. The average molecular weight is 261 g/mol. The minimum Gasteiger partial charge on any atom is -0.378 e. The molecule has 20 heavy (non-hydrogen) atoms. The zero-order chi connectivity index (χ0) is 14.7. The summed E-state index contributed by atoms with van der Waals surface area (Å²) in [5.74, 6) is -0.798. The molecule has 0 heterocycles. The molecular formula is C17H15N3. The lowest BCUT2D eigenvalue weighted by Crippen LogP contribution is -2.08. The molecule has 98 valence electrons. The van der Waals surface area contributed by atoms with Gasteiger partial charge in [0.1, 0.15) is 0 Å². The molecule has 0 aliphatic rings. The van der Waals surface area contributed by atoms with Crippen LogP contribution in [0.2, 0.25) is 0 Å². The zero-order valence-corrected chi connectivity index (χ0v) is 11.6. The lowest BCUT2D eigenvalue weighted by molar-refractivity contribution is 1.12. The highest BCUT2D eigenvalue weighted by Crippen LogP contribution is 2.27. The first-order valence-electron chi connectivity index (χ1n) is 6.26. The molecule has 0 bridgehead atoms. The highest BCUT2D eigenvalue weighted by molar-refractivity contribution is 5.89. The van der Waals surface area contributed by atoms with E-state index in [1.54, 1.807) is 0 Å². The molecule has 3 heteroatoms. The van der Waals surface area contributed by atoms with E-state index in [0.29, 0.717) is 5.57 Å². The van der Waals surface area contributed by atoms with Crippen LogP contribution in [0.25, 0.3) is 16.3 Å². The van der Waals surface area contributed by atoms with E-state index in [0.717, 1.165) is 22.0 Å². The van der Waals surface area contributed by atoms with Crippen LogP contribution in [-0.2, 0) is 0 Å². The molecule has 0 atom stereocenters. The van der Waals surface area contributed by atoms with E-state index in [4.69, 9.17) is 10.5 Å². The van der Waals surface area contributed by atoms with Gasteiger partial charge in [0, 0.05) is 19.8 Å². The molecule has 2 rings (SSSR count). The molecule has 0 spiro atoms. The van der Waals surface area contributed by atoms with E-state index < -0.39 is 5.92 Å². The third-order valence-electron chi connectivity index (χ3n) is 3.32. The minimum absolute atomic E-state index is 0.550. The van der Waals surface area contributed by atoms with Crippen LogP contribution in [-0.4, -0.2) is 14.1 Å². The normalized spacial score (nSPS) is 10.1. The fraction of sp³-hybridized carbons (Fsp3) is 0.176. The van der Waals surface area contributed by atoms with E-state index in [9.17, 15) is 0 Å². The Balaban J connectivity index is 2.46. The van der Waals surface area contributed by atoms with Crippen molar-refractivity contribution in [2.45, 2.75) is 0 Å². The SMILES string of the molecule is C=C(c1ccc2cc(N(C)C)ccc2c1)C(C#N)C#N. The summed E-state index contributed by atoms with van der Waals surface area (Å²) in [6, 6.07) is 16.0. The van der Waals surface area contributed by atoms with Crippen molar-refractivity contribution in [3.63, 3.8) is 0 Å². The van der Waals surface area contributed by atoms with Crippen LogP contribution in [0.4, 0.5) is 5.69 Å². The number of anilines is 1. The van der Waals surface area contributed by atoms with Gasteiger partial charge in [-0.1, -0.05) is 24.8 Å². The molecule has 0 amide bonds. The second kappa shape index (κ2) is 5.47. The molecule has 0 N–H and O–H groups in total. The Morgan fingerprint density at radius 1 is 1.05 bits per heavy atom. The molecule has 3 nitrogen and oxygen atoms in total. The quantitative estimate of drug-likeness (QED) is 0.848. The summed E-state index contributed by atoms with van der Waals surface area (Å²) < 4.78 is 0. The highest BCUT2D eigenvalue weighted by Gasteiger charge is 2.12. The van der Waals surface area contributed by atoms with Crippen molar-refractivity contribution < 1.29 is 0 Å². The van der Waals surface area contributed by atoms with Gasteiger partial charge in [-0.25, -0.2) is 0 Å². The minimum atomic E-state index is -0.798. The lowest BCUT2D eigenvalue weighted by Gasteiger charge is -2.14. The van der Waals surface area contributed by atoms with Gasteiger partial charge in [-0.2, -0.15) is 10.5 Å². The maximum atomic E-state index is 8.93. The summed E-state index contributed by atoms with van der Waals surface area (Å²) in [6.07, 6.45) is 0. The van der Waals surface area contributed by atoms with Crippen molar-refractivity contribution >= 4 is 22.0 Å². The van der Waals surface area contributed by atoms with Gasteiger partial charge >= 0.3 is 0 Å². The van der Waals surface area contributed by atoms with Gasteiger partial charge in [-0.3, -0.25) is 0 Å². The Kier molecular flexibility index (Phi) is 3.73. The second-order valence-electron chi connectivity index (χ2n) is 4.86. The first-order chi connectivity index (χ1) is 9.56. The topological polar surface area (TPSA) is 50.8 Å². The van der Waals surface area contributed by atoms with Gasteiger partial charge in [0.15, 0.2) is 5.92 Å². The number of allylic oxidation sites excluding steroid dienone is 1. The summed E-state index contributed by atoms with van der Waals surface area (Å²) in [7, 11) is 4.00. The Hall–Kier alpha value is -2.78. The van der Waals surface area contributed by atoms with E-state index in [-0.39, 0.29) is 0 Å². The van der Waals surface area contributed by atoms with Crippen molar-refractivity contribution in [1.82, 2.24) is 0 Å². The number of hydrogen-bond donors (Lipinski definition) is 0. The molecule has 0 saturated carbocycles. The zero-order valence-electron chi connectivity index (χ0n) is 11.6. The first kappa shape index (κ1) is 13.6. The van der Waals surface area contributed by atoms with Gasteiger partial charge in [-0.15, -0.1) is 0 Å². The van der Waals surface area contributed by atoms with Crippen LogP contribution in [0.1, 0.15) is 5.56 Å². The fourth-order valence-corrected chi connectivity index (χ4v) is 2.06. The van der Waals surface area contributed by atoms with Crippen LogP contribution in [0, 0.1) is 28.6 Å². The number of fused-ring (bicyclic) bond motifs is 1. The van der Waals surface area contributed by atoms with E-state index in [1.165, 1.54) is 0 Å². The first-order valence-corrected chi connectivity index (χ1v) is 6.26. The molecule has 2 aromatic carbocycles. The molecule has 0 saturated heterocycles. The molecule has 0 aromatic heterocycles. The Labute approximate surface area is 119 Å². The molecule has 0 unspecified atom stereocenters. The Morgan fingerprint density at radius 3 is 2.25 bits per heavy atom. The van der Waals surface area contributed by atoms with Crippen molar-refractivity contribution in [3.8, 4) is 12.1 Å². The van der Waals surface area contributed by atoms with E-state index in [1.807, 2.05) is 61.5 Å². The monoisotopic (exact) mass is 261 g/mol. The van der Waals surface area contributed by atoms with Gasteiger partial charge < -0.3 is 4.90 Å². The smallest absolute Gasteiger partial charge is 0.158 e. The summed E-state index contributed by atoms with van der Waals surface area (Å²) in [5.41, 5.74) is 2.52.